The second-order valence-corrected chi connectivity index (χ2v) is 5.88. The van der Waals surface area contributed by atoms with Crippen LogP contribution in [0.5, 0.6) is 0 Å². The van der Waals surface area contributed by atoms with E-state index in [-0.39, 0.29) is 6.10 Å². The minimum atomic E-state index is -1.15. The molecule has 0 radical (unpaired) electrons. The molecule has 0 aromatic rings. The van der Waals surface area contributed by atoms with Gasteiger partial charge in [-0.15, -0.1) is 0 Å². The van der Waals surface area contributed by atoms with Gasteiger partial charge in [-0.2, -0.15) is 0 Å². The summed E-state index contributed by atoms with van der Waals surface area (Å²) < 4.78 is 11.0. The van der Waals surface area contributed by atoms with E-state index in [1.807, 2.05) is 20.8 Å². The maximum atomic E-state index is 12.6. The molecule has 0 amide bonds. The van der Waals surface area contributed by atoms with E-state index in [0.29, 0.717) is 19.4 Å². The minimum absolute atomic E-state index is 0.0941. The van der Waals surface area contributed by atoms with Crippen LogP contribution < -0.4 is 0 Å². The van der Waals surface area contributed by atoms with Gasteiger partial charge in [-0.3, -0.25) is 9.59 Å². The lowest BCUT2D eigenvalue weighted by Crippen LogP contribution is -2.42. The van der Waals surface area contributed by atoms with Gasteiger partial charge >= 0.3 is 11.9 Å². The van der Waals surface area contributed by atoms with E-state index < -0.39 is 17.4 Å². The Labute approximate surface area is 135 Å². The number of rotatable bonds is 12. The Bertz CT molecular complexity index is 315. The first-order valence-corrected chi connectivity index (χ1v) is 8.90. The van der Waals surface area contributed by atoms with Crippen molar-refractivity contribution in [2.24, 2.45) is 5.41 Å². The van der Waals surface area contributed by atoms with Crippen LogP contribution in [0, 0.1) is 5.41 Å². The summed E-state index contributed by atoms with van der Waals surface area (Å²) in [5, 5.41) is 0. The zero-order valence-electron chi connectivity index (χ0n) is 15.1. The Balaban J connectivity index is 4.94. The third-order valence-corrected chi connectivity index (χ3v) is 4.21. The zero-order chi connectivity index (χ0) is 17.0. The maximum absolute atomic E-state index is 12.6. The topological polar surface area (TPSA) is 52.6 Å². The molecule has 0 atom stereocenters. The van der Waals surface area contributed by atoms with Gasteiger partial charge in [0.15, 0.2) is 5.41 Å². The van der Waals surface area contributed by atoms with Crippen molar-refractivity contribution in [3.05, 3.63) is 0 Å². The van der Waals surface area contributed by atoms with Gasteiger partial charge < -0.3 is 9.47 Å². The third-order valence-electron chi connectivity index (χ3n) is 4.21. The lowest BCUT2D eigenvalue weighted by Gasteiger charge is -2.29. The van der Waals surface area contributed by atoms with Crippen LogP contribution in [-0.2, 0) is 19.1 Å². The summed E-state index contributed by atoms with van der Waals surface area (Å²) in [5.74, 6) is -0.839. The molecule has 0 aliphatic carbocycles. The molecular formula is C18H34O4. The molecule has 0 saturated heterocycles. The van der Waals surface area contributed by atoms with Crippen LogP contribution in [-0.4, -0.2) is 24.6 Å². The average Bonchev–Trinajstić information content (AvgIpc) is 2.50. The highest BCUT2D eigenvalue weighted by Gasteiger charge is 2.46. The number of ether oxygens (including phenoxy) is 2. The molecule has 0 fully saturated rings. The number of hydrogen-bond acceptors (Lipinski definition) is 4. The van der Waals surface area contributed by atoms with Crippen LogP contribution >= 0.6 is 0 Å². The highest BCUT2D eigenvalue weighted by Crippen LogP contribution is 2.31. The summed E-state index contributed by atoms with van der Waals surface area (Å²) in [6.45, 7) is 10.2. The number of hydrogen-bond donors (Lipinski definition) is 0. The standard InChI is InChI=1S/C18H34O4/c1-6-11-14-21-16(19)18(9-4,10-5)17(20)22-15(12-7-2)13-8-3/h15H,6-14H2,1-5H3. The summed E-state index contributed by atoms with van der Waals surface area (Å²) in [6.07, 6.45) is 6.12. The molecule has 0 N–H and O–H groups in total. The first-order valence-electron chi connectivity index (χ1n) is 8.90. The van der Waals surface area contributed by atoms with Crippen LogP contribution in [0.1, 0.15) is 86.0 Å². The van der Waals surface area contributed by atoms with E-state index in [1.54, 1.807) is 0 Å². The van der Waals surface area contributed by atoms with Crippen molar-refractivity contribution >= 4 is 11.9 Å². The van der Waals surface area contributed by atoms with Gasteiger partial charge in [-0.25, -0.2) is 0 Å². The third kappa shape index (κ3) is 5.98. The Kier molecular flexibility index (Phi) is 10.9. The normalized spacial score (nSPS) is 11.5. The van der Waals surface area contributed by atoms with Gasteiger partial charge in [-0.1, -0.05) is 53.9 Å². The summed E-state index contributed by atoms with van der Waals surface area (Å²) in [5.41, 5.74) is -1.15. The highest BCUT2D eigenvalue weighted by molar-refractivity contribution is 6.00. The lowest BCUT2D eigenvalue weighted by atomic mass is 9.82. The van der Waals surface area contributed by atoms with Crippen LogP contribution in [0.15, 0.2) is 0 Å². The number of carbonyl (C=O) groups excluding carboxylic acids is 2. The first kappa shape index (κ1) is 20.9. The molecule has 130 valence electrons. The van der Waals surface area contributed by atoms with Crippen molar-refractivity contribution in [1.29, 1.82) is 0 Å². The van der Waals surface area contributed by atoms with E-state index in [4.69, 9.17) is 9.47 Å². The molecule has 0 bridgehead atoms. The molecule has 0 aromatic carbocycles. The molecule has 0 aliphatic heterocycles. The number of carbonyl (C=O) groups is 2. The first-order chi connectivity index (χ1) is 10.5. The van der Waals surface area contributed by atoms with E-state index in [0.717, 1.165) is 38.5 Å². The van der Waals surface area contributed by atoms with Crippen molar-refractivity contribution in [2.75, 3.05) is 6.61 Å². The van der Waals surface area contributed by atoms with Gasteiger partial charge in [0.2, 0.25) is 0 Å². The zero-order valence-corrected chi connectivity index (χ0v) is 15.1. The molecule has 0 spiro atoms. The molecule has 4 heteroatoms. The molecule has 22 heavy (non-hydrogen) atoms. The second-order valence-electron chi connectivity index (χ2n) is 5.88. The monoisotopic (exact) mass is 314 g/mol. The predicted octanol–water partition coefficient (Wildman–Crippen LogP) is 4.65. The van der Waals surface area contributed by atoms with Gasteiger partial charge in [0.05, 0.1) is 6.61 Å². The molecule has 0 unspecified atom stereocenters. The highest BCUT2D eigenvalue weighted by atomic mass is 16.6. The van der Waals surface area contributed by atoms with Crippen LogP contribution in [0.4, 0.5) is 0 Å². The fourth-order valence-electron chi connectivity index (χ4n) is 2.53. The Morgan fingerprint density at radius 1 is 0.864 bits per heavy atom. The minimum Gasteiger partial charge on any atom is -0.465 e. The summed E-state index contributed by atoms with van der Waals surface area (Å²) in [4.78, 5) is 25.1. The van der Waals surface area contributed by atoms with Crippen molar-refractivity contribution in [3.63, 3.8) is 0 Å². The molecule has 0 rings (SSSR count). The fourth-order valence-corrected chi connectivity index (χ4v) is 2.53. The molecular weight excluding hydrogens is 280 g/mol. The van der Waals surface area contributed by atoms with Crippen LogP contribution in [0.25, 0.3) is 0 Å². The van der Waals surface area contributed by atoms with Gasteiger partial charge in [0.25, 0.3) is 0 Å². The Morgan fingerprint density at radius 3 is 1.82 bits per heavy atom. The molecule has 0 aromatic heterocycles. The molecule has 0 saturated carbocycles. The quantitative estimate of drug-likeness (QED) is 0.299. The average molecular weight is 314 g/mol. The van der Waals surface area contributed by atoms with Crippen LogP contribution in [0.2, 0.25) is 0 Å². The van der Waals surface area contributed by atoms with Gasteiger partial charge in [0.1, 0.15) is 6.10 Å². The largest absolute Gasteiger partial charge is 0.465 e. The van der Waals surface area contributed by atoms with Crippen molar-refractivity contribution < 1.29 is 19.1 Å². The van der Waals surface area contributed by atoms with Crippen molar-refractivity contribution in [3.8, 4) is 0 Å². The smallest absolute Gasteiger partial charge is 0.323 e. The Hall–Kier alpha value is -1.06. The van der Waals surface area contributed by atoms with E-state index in [1.165, 1.54) is 0 Å². The van der Waals surface area contributed by atoms with E-state index in [9.17, 15) is 9.59 Å². The SMILES string of the molecule is CCCCOC(=O)C(CC)(CC)C(=O)OC(CCC)CCC. The predicted molar refractivity (Wildman–Crippen MR) is 88.6 cm³/mol. The molecule has 0 aliphatic rings. The van der Waals surface area contributed by atoms with Crippen LogP contribution in [0.3, 0.4) is 0 Å². The van der Waals surface area contributed by atoms with Crippen molar-refractivity contribution in [1.82, 2.24) is 0 Å². The fraction of sp³-hybridized carbons (Fsp3) is 0.889. The van der Waals surface area contributed by atoms with Gasteiger partial charge in [0, 0.05) is 0 Å². The van der Waals surface area contributed by atoms with Crippen molar-refractivity contribution in [2.45, 2.75) is 92.1 Å². The lowest BCUT2D eigenvalue weighted by molar-refractivity contribution is -0.177. The summed E-state index contributed by atoms with van der Waals surface area (Å²) in [6, 6.07) is 0. The summed E-state index contributed by atoms with van der Waals surface area (Å²) >= 11 is 0. The molecule has 4 nitrogen and oxygen atoms in total. The van der Waals surface area contributed by atoms with Gasteiger partial charge in [-0.05, 0) is 32.1 Å². The Morgan fingerprint density at radius 2 is 1.41 bits per heavy atom. The number of esters is 2. The van der Waals surface area contributed by atoms with E-state index in [2.05, 4.69) is 13.8 Å². The summed E-state index contributed by atoms with van der Waals surface area (Å²) in [7, 11) is 0. The molecule has 0 heterocycles. The maximum Gasteiger partial charge on any atom is 0.323 e. The second kappa shape index (κ2) is 11.5. The number of unbranched alkanes of at least 4 members (excludes halogenated alkanes) is 1. The van der Waals surface area contributed by atoms with E-state index >= 15 is 0 Å².